The molecule has 0 heterocycles. The van der Waals surface area contributed by atoms with E-state index in [2.05, 4.69) is 4.72 Å². The molecule has 0 saturated heterocycles. The molecular formula is C12H15F4NO2S. The third-order valence-corrected chi connectivity index (χ3v) is 4.54. The first kappa shape index (κ1) is 16.9. The van der Waals surface area contributed by atoms with Gasteiger partial charge in [0.15, 0.2) is 0 Å². The van der Waals surface area contributed by atoms with Gasteiger partial charge in [0.1, 0.15) is 5.82 Å². The number of halogens is 4. The van der Waals surface area contributed by atoms with Crippen LogP contribution in [0.1, 0.15) is 32.8 Å². The Balaban J connectivity index is 3.28. The predicted molar refractivity (Wildman–Crippen MR) is 66.1 cm³/mol. The molecule has 0 saturated carbocycles. The number of rotatable bonds is 4. The molecule has 0 aromatic heterocycles. The molecule has 0 fully saturated rings. The molecular weight excluding hydrogens is 298 g/mol. The third-order valence-electron chi connectivity index (χ3n) is 2.85. The van der Waals surface area contributed by atoms with E-state index in [1.54, 1.807) is 20.8 Å². The van der Waals surface area contributed by atoms with Gasteiger partial charge in [-0.2, -0.15) is 13.2 Å². The van der Waals surface area contributed by atoms with E-state index in [9.17, 15) is 26.0 Å². The van der Waals surface area contributed by atoms with Crippen molar-refractivity contribution in [2.24, 2.45) is 0 Å². The van der Waals surface area contributed by atoms with Crippen molar-refractivity contribution >= 4 is 10.0 Å². The van der Waals surface area contributed by atoms with Gasteiger partial charge in [-0.3, -0.25) is 0 Å². The molecule has 1 aromatic carbocycles. The third kappa shape index (κ3) is 3.92. The van der Waals surface area contributed by atoms with Gasteiger partial charge in [-0.1, -0.05) is 6.92 Å². The average molecular weight is 313 g/mol. The zero-order valence-electron chi connectivity index (χ0n) is 11.2. The molecule has 0 amide bonds. The zero-order chi connectivity index (χ0) is 15.8. The summed E-state index contributed by atoms with van der Waals surface area (Å²) >= 11 is 0. The summed E-state index contributed by atoms with van der Waals surface area (Å²) in [5, 5.41) is 0. The van der Waals surface area contributed by atoms with Crippen molar-refractivity contribution in [2.75, 3.05) is 0 Å². The second-order valence-electron chi connectivity index (χ2n) is 4.98. The van der Waals surface area contributed by atoms with E-state index in [-0.39, 0.29) is 0 Å². The Morgan fingerprint density at radius 3 is 2.20 bits per heavy atom. The molecule has 0 spiro atoms. The number of alkyl halides is 3. The highest BCUT2D eigenvalue weighted by Crippen LogP contribution is 2.33. The van der Waals surface area contributed by atoms with Crippen LogP contribution in [0.4, 0.5) is 17.6 Å². The summed E-state index contributed by atoms with van der Waals surface area (Å²) in [7, 11) is -4.15. The van der Waals surface area contributed by atoms with Crippen molar-refractivity contribution in [3.8, 4) is 0 Å². The fraction of sp³-hybridized carbons (Fsp3) is 0.500. The van der Waals surface area contributed by atoms with Gasteiger partial charge < -0.3 is 0 Å². The highest BCUT2D eigenvalue weighted by Gasteiger charge is 2.36. The Labute approximate surface area is 115 Å². The molecule has 0 bridgehead atoms. The van der Waals surface area contributed by atoms with Crippen LogP contribution >= 0.6 is 0 Å². The van der Waals surface area contributed by atoms with Gasteiger partial charge in [-0.15, -0.1) is 0 Å². The van der Waals surface area contributed by atoms with Crippen LogP contribution in [0.5, 0.6) is 0 Å². The highest BCUT2D eigenvalue weighted by atomic mass is 32.2. The van der Waals surface area contributed by atoms with Gasteiger partial charge in [-0.05, 0) is 38.5 Å². The van der Waals surface area contributed by atoms with Crippen molar-refractivity contribution in [3.63, 3.8) is 0 Å². The van der Waals surface area contributed by atoms with Crippen LogP contribution in [0.2, 0.25) is 0 Å². The summed E-state index contributed by atoms with van der Waals surface area (Å²) in [5.74, 6) is -1.51. The molecule has 8 heteroatoms. The van der Waals surface area contributed by atoms with E-state index in [4.69, 9.17) is 0 Å². The first-order valence-corrected chi connectivity index (χ1v) is 7.28. The number of sulfonamides is 1. The van der Waals surface area contributed by atoms with E-state index in [1.807, 2.05) is 0 Å². The lowest BCUT2D eigenvalue weighted by Gasteiger charge is -2.24. The SMILES string of the molecule is CCC(C)(C)NS(=O)(=O)c1ccc(F)c(C(F)(F)F)c1. The summed E-state index contributed by atoms with van der Waals surface area (Å²) in [6.07, 6.45) is -4.50. The standard InChI is InChI=1S/C12H15F4NO2S/c1-4-11(2,3)17-20(18,19)8-5-6-10(13)9(7-8)12(14,15)16/h5-7,17H,4H2,1-3H3. The second-order valence-corrected chi connectivity index (χ2v) is 6.66. The smallest absolute Gasteiger partial charge is 0.207 e. The van der Waals surface area contributed by atoms with Crippen molar-refractivity contribution < 1.29 is 26.0 Å². The normalized spacial score (nSPS) is 13.6. The Kier molecular flexibility index (Phi) is 4.50. The van der Waals surface area contributed by atoms with Crippen molar-refractivity contribution in [1.82, 2.24) is 4.72 Å². The zero-order valence-corrected chi connectivity index (χ0v) is 12.0. The second kappa shape index (κ2) is 5.33. The molecule has 1 N–H and O–H groups in total. The summed E-state index contributed by atoms with van der Waals surface area (Å²) in [5.41, 5.74) is -2.42. The van der Waals surface area contributed by atoms with E-state index in [0.29, 0.717) is 18.6 Å². The first-order chi connectivity index (χ1) is 8.89. The summed E-state index contributed by atoms with van der Waals surface area (Å²) < 4.78 is 77.1. The molecule has 0 unspecified atom stereocenters. The molecule has 1 rings (SSSR count). The van der Waals surface area contributed by atoms with Crippen LogP contribution in [0, 0.1) is 5.82 Å². The Bertz CT molecular complexity index is 594. The Morgan fingerprint density at radius 2 is 1.75 bits per heavy atom. The van der Waals surface area contributed by atoms with Crippen LogP contribution in [0.3, 0.4) is 0 Å². The van der Waals surface area contributed by atoms with E-state index in [1.165, 1.54) is 0 Å². The van der Waals surface area contributed by atoms with Crippen molar-refractivity contribution in [2.45, 2.75) is 43.8 Å². The van der Waals surface area contributed by atoms with Gasteiger partial charge in [0.05, 0.1) is 10.5 Å². The minimum Gasteiger partial charge on any atom is -0.207 e. The average Bonchev–Trinajstić information content (AvgIpc) is 2.26. The maximum Gasteiger partial charge on any atom is 0.419 e. The summed E-state index contributed by atoms with van der Waals surface area (Å²) in [4.78, 5) is -0.618. The number of hydrogen-bond donors (Lipinski definition) is 1. The molecule has 20 heavy (non-hydrogen) atoms. The maximum absolute atomic E-state index is 13.1. The molecule has 0 radical (unpaired) electrons. The lowest BCUT2D eigenvalue weighted by atomic mass is 10.0. The monoisotopic (exact) mass is 313 g/mol. The van der Waals surface area contributed by atoms with Crippen LogP contribution in [0.25, 0.3) is 0 Å². The van der Waals surface area contributed by atoms with E-state index < -0.39 is 38.0 Å². The quantitative estimate of drug-likeness (QED) is 0.867. The van der Waals surface area contributed by atoms with E-state index in [0.717, 1.165) is 6.07 Å². The molecule has 3 nitrogen and oxygen atoms in total. The maximum atomic E-state index is 13.1. The van der Waals surface area contributed by atoms with Crippen LogP contribution in [0.15, 0.2) is 23.1 Å². The van der Waals surface area contributed by atoms with Gasteiger partial charge in [0.2, 0.25) is 10.0 Å². The molecule has 114 valence electrons. The fourth-order valence-corrected chi connectivity index (χ4v) is 2.89. The molecule has 0 aliphatic carbocycles. The lowest BCUT2D eigenvalue weighted by molar-refractivity contribution is -0.140. The minimum absolute atomic E-state index is 0.295. The summed E-state index contributed by atoms with van der Waals surface area (Å²) in [6.45, 7) is 4.92. The largest absolute Gasteiger partial charge is 0.419 e. The van der Waals surface area contributed by atoms with Gasteiger partial charge >= 0.3 is 6.18 Å². The van der Waals surface area contributed by atoms with Gasteiger partial charge in [0, 0.05) is 5.54 Å². The van der Waals surface area contributed by atoms with Crippen molar-refractivity contribution in [3.05, 3.63) is 29.6 Å². The number of benzene rings is 1. The Hall–Kier alpha value is -1.15. The van der Waals surface area contributed by atoms with Crippen molar-refractivity contribution in [1.29, 1.82) is 0 Å². The molecule has 0 aliphatic rings. The molecule has 0 atom stereocenters. The van der Waals surface area contributed by atoms with Crippen LogP contribution in [-0.4, -0.2) is 14.0 Å². The molecule has 0 aliphatic heterocycles. The molecule has 1 aromatic rings. The predicted octanol–water partition coefficient (Wildman–Crippen LogP) is 3.31. The van der Waals surface area contributed by atoms with Gasteiger partial charge in [0.25, 0.3) is 0 Å². The number of nitrogens with one attached hydrogen (secondary N) is 1. The lowest BCUT2D eigenvalue weighted by Crippen LogP contribution is -2.42. The first-order valence-electron chi connectivity index (χ1n) is 5.80. The van der Waals surface area contributed by atoms with E-state index >= 15 is 0 Å². The summed E-state index contributed by atoms with van der Waals surface area (Å²) in [6, 6.07) is 1.60. The Morgan fingerprint density at radius 1 is 1.20 bits per heavy atom. The fourth-order valence-electron chi connectivity index (χ4n) is 1.38. The highest BCUT2D eigenvalue weighted by molar-refractivity contribution is 7.89. The minimum atomic E-state index is -4.95. The van der Waals surface area contributed by atoms with Crippen LogP contribution in [-0.2, 0) is 16.2 Å². The topological polar surface area (TPSA) is 46.2 Å². The van der Waals surface area contributed by atoms with Gasteiger partial charge in [-0.25, -0.2) is 17.5 Å². The van der Waals surface area contributed by atoms with Crippen LogP contribution < -0.4 is 4.72 Å². The number of hydrogen-bond acceptors (Lipinski definition) is 2.